The molecule has 4 heterocycles. The van der Waals surface area contributed by atoms with E-state index in [0.29, 0.717) is 32.9 Å². The summed E-state index contributed by atoms with van der Waals surface area (Å²) in [5.74, 6) is 5.81. The summed E-state index contributed by atoms with van der Waals surface area (Å²) < 4.78 is 2.96. The number of hydrogen-bond donors (Lipinski definition) is 2. The number of rotatable bonds is 4. The van der Waals surface area contributed by atoms with Crippen LogP contribution < -0.4 is 16.6 Å². The minimum absolute atomic E-state index is 0.0632. The third-order valence-electron chi connectivity index (χ3n) is 5.29. The topological polar surface area (TPSA) is 120 Å². The first kappa shape index (κ1) is 21.4. The number of fused-ring (bicyclic) bond motifs is 2. The third-order valence-corrected chi connectivity index (χ3v) is 6.16. The molecule has 3 N–H and O–H groups in total. The number of para-hydroxylation sites is 1. The highest BCUT2D eigenvalue weighted by atomic mass is 32.1. The van der Waals surface area contributed by atoms with Gasteiger partial charge in [-0.05, 0) is 32.0 Å². The number of nitrogens with two attached hydrogens (primary N) is 1. The molecule has 1 aromatic carbocycles. The van der Waals surface area contributed by atoms with E-state index in [-0.39, 0.29) is 16.9 Å². The molecule has 1 amide bonds. The summed E-state index contributed by atoms with van der Waals surface area (Å²) >= 11 is 1.34. The van der Waals surface area contributed by atoms with Gasteiger partial charge in [0.1, 0.15) is 16.2 Å². The van der Waals surface area contributed by atoms with Crippen molar-refractivity contribution in [1.82, 2.24) is 29.5 Å². The smallest absolute Gasteiger partial charge is 0.268 e. The molecule has 0 saturated heterocycles. The van der Waals surface area contributed by atoms with E-state index >= 15 is 0 Å². The third kappa shape index (κ3) is 3.48. The zero-order chi connectivity index (χ0) is 23.8. The zero-order valence-corrected chi connectivity index (χ0v) is 19.1. The molecule has 0 fully saturated rings. The van der Waals surface area contributed by atoms with E-state index in [4.69, 9.17) is 10.7 Å². The van der Waals surface area contributed by atoms with Crippen molar-refractivity contribution in [2.24, 2.45) is 0 Å². The van der Waals surface area contributed by atoms with E-state index in [1.807, 2.05) is 35.7 Å². The van der Waals surface area contributed by atoms with E-state index in [1.54, 1.807) is 32.3 Å². The van der Waals surface area contributed by atoms with Gasteiger partial charge in [0.15, 0.2) is 11.5 Å². The molecule has 5 rings (SSSR count). The van der Waals surface area contributed by atoms with Gasteiger partial charge in [0, 0.05) is 17.8 Å². The molecule has 0 spiro atoms. The highest BCUT2D eigenvalue weighted by molar-refractivity contribution is 7.17. The summed E-state index contributed by atoms with van der Waals surface area (Å²) in [6, 6.07) is 10.2. The minimum Gasteiger partial charge on any atom is -0.381 e. The van der Waals surface area contributed by atoms with Crippen LogP contribution >= 0.6 is 11.3 Å². The molecule has 0 unspecified atom stereocenters. The Labute approximate surface area is 197 Å². The predicted molar refractivity (Wildman–Crippen MR) is 131 cm³/mol. The normalized spacial score (nSPS) is 11.8. The predicted octanol–water partition coefficient (Wildman–Crippen LogP) is 2.93. The number of nitrogens with one attached hydrogen (secondary N) is 1. The van der Waals surface area contributed by atoms with Gasteiger partial charge in [-0.1, -0.05) is 24.1 Å². The van der Waals surface area contributed by atoms with Crippen molar-refractivity contribution < 1.29 is 4.79 Å². The fraction of sp³-hybridized carbons (Fsp3) is 0.125. The van der Waals surface area contributed by atoms with E-state index < -0.39 is 11.9 Å². The molecule has 0 aliphatic rings. The highest BCUT2D eigenvalue weighted by Gasteiger charge is 2.25. The summed E-state index contributed by atoms with van der Waals surface area (Å²) in [7, 11) is 0. The molecule has 34 heavy (non-hydrogen) atoms. The maximum atomic E-state index is 13.7. The average Bonchev–Trinajstić information content (AvgIpc) is 3.39. The summed E-state index contributed by atoms with van der Waals surface area (Å²) in [5, 5.41) is 9.33. The van der Waals surface area contributed by atoms with Gasteiger partial charge in [-0.3, -0.25) is 14.2 Å². The van der Waals surface area contributed by atoms with Crippen molar-refractivity contribution in [2.45, 2.75) is 19.9 Å². The summed E-state index contributed by atoms with van der Waals surface area (Å²) in [5.41, 5.74) is 7.54. The van der Waals surface area contributed by atoms with Gasteiger partial charge in [-0.15, -0.1) is 22.4 Å². The number of thiophene rings is 1. The summed E-state index contributed by atoms with van der Waals surface area (Å²) in [6.07, 6.45) is 3.22. The summed E-state index contributed by atoms with van der Waals surface area (Å²) in [6.45, 7) is 3.49. The number of carbonyl (C=O) groups is 1. The quantitative estimate of drug-likeness (QED) is 0.391. The second-order valence-corrected chi connectivity index (χ2v) is 8.35. The van der Waals surface area contributed by atoms with Gasteiger partial charge < -0.3 is 11.1 Å². The molecular weight excluding hydrogens is 450 g/mol. The standard InChI is InChI=1S/C24H19N7O2S/c1-3-8-15-13-34-23-17(15)24(33)31(16-9-5-4-6-10-16)20(28-23)14(2)27-22(32)18-19(25)29-30-12-7-11-26-21(18)30/h4-7,9-14H,1-2H3,(H2,25,29)(H,27,32)/t14-/m1/s1. The van der Waals surface area contributed by atoms with E-state index in [9.17, 15) is 9.59 Å². The first-order valence-electron chi connectivity index (χ1n) is 10.4. The number of amides is 1. The maximum Gasteiger partial charge on any atom is 0.268 e. The molecule has 0 aliphatic carbocycles. The molecule has 1 atom stereocenters. The molecule has 0 bridgehead atoms. The van der Waals surface area contributed by atoms with Crippen molar-refractivity contribution in [3.63, 3.8) is 0 Å². The molecule has 9 nitrogen and oxygen atoms in total. The van der Waals surface area contributed by atoms with Gasteiger partial charge >= 0.3 is 0 Å². The van der Waals surface area contributed by atoms with Crippen molar-refractivity contribution in [3.05, 3.63) is 81.5 Å². The Kier molecular flexibility index (Phi) is 5.31. The molecule has 0 saturated carbocycles. The number of nitrogen functional groups attached to an aromatic ring is 1. The monoisotopic (exact) mass is 469 g/mol. The molecule has 5 aromatic rings. The molecule has 10 heteroatoms. The number of carbonyl (C=O) groups excluding carboxylic acids is 1. The number of nitrogens with zero attached hydrogens (tertiary/aromatic N) is 5. The van der Waals surface area contributed by atoms with Gasteiger partial charge in [0.2, 0.25) is 0 Å². The van der Waals surface area contributed by atoms with Crippen LogP contribution in [0.5, 0.6) is 0 Å². The van der Waals surface area contributed by atoms with Crippen LogP contribution in [0.3, 0.4) is 0 Å². The molecule has 4 aromatic heterocycles. The van der Waals surface area contributed by atoms with Crippen molar-refractivity contribution >= 4 is 38.9 Å². The lowest BCUT2D eigenvalue weighted by Crippen LogP contribution is -2.33. The van der Waals surface area contributed by atoms with Gasteiger partial charge in [0.05, 0.1) is 22.7 Å². The first-order valence-corrected chi connectivity index (χ1v) is 11.3. The fourth-order valence-corrected chi connectivity index (χ4v) is 4.67. The van der Waals surface area contributed by atoms with Crippen LogP contribution in [-0.2, 0) is 0 Å². The Morgan fingerprint density at radius 3 is 2.79 bits per heavy atom. The van der Waals surface area contributed by atoms with Crippen LogP contribution in [0.25, 0.3) is 21.6 Å². The van der Waals surface area contributed by atoms with Crippen molar-refractivity contribution in [3.8, 4) is 17.5 Å². The van der Waals surface area contributed by atoms with Crippen LogP contribution in [-0.4, -0.2) is 30.1 Å². The van der Waals surface area contributed by atoms with Crippen LogP contribution in [0.1, 0.15) is 41.6 Å². The lowest BCUT2D eigenvalue weighted by atomic mass is 10.2. The fourth-order valence-electron chi connectivity index (χ4n) is 3.81. The minimum atomic E-state index is -0.634. The molecule has 168 valence electrons. The number of aromatic nitrogens is 5. The first-order chi connectivity index (χ1) is 16.5. The highest BCUT2D eigenvalue weighted by Crippen LogP contribution is 2.25. The van der Waals surface area contributed by atoms with Crippen molar-refractivity contribution in [2.75, 3.05) is 5.73 Å². The number of hydrogen-bond acceptors (Lipinski definition) is 7. The molecule has 0 aliphatic heterocycles. The van der Waals surface area contributed by atoms with E-state index in [2.05, 4.69) is 27.2 Å². The van der Waals surface area contributed by atoms with Gasteiger partial charge in [0.25, 0.3) is 11.5 Å². The van der Waals surface area contributed by atoms with Crippen LogP contribution in [0.4, 0.5) is 5.82 Å². The SMILES string of the molecule is CC#Cc1csc2nc([C@@H](C)NC(=O)c3c(N)nn4cccnc34)n(-c3ccccc3)c(=O)c12. The lowest BCUT2D eigenvalue weighted by Gasteiger charge is -2.19. The van der Waals surface area contributed by atoms with Crippen LogP contribution in [0.15, 0.2) is 59.0 Å². The second-order valence-electron chi connectivity index (χ2n) is 7.49. The molecule has 0 radical (unpaired) electrons. The van der Waals surface area contributed by atoms with E-state index in [0.717, 1.165) is 0 Å². The van der Waals surface area contributed by atoms with Crippen LogP contribution in [0, 0.1) is 11.8 Å². The van der Waals surface area contributed by atoms with Gasteiger partial charge in [-0.2, -0.15) is 0 Å². The van der Waals surface area contributed by atoms with Crippen molar-refractivity contribution in [1.29, 1.82) is 0 Å². The van der Waals surface area contributed by atoms with Gasteiger partial charge in [-0.25, -0.2) is 14.5 Å². The summed E-state index contributed by atoms with van der Waals surface area (Å²) in [4.78, 5) is 36.4. The van der Waals surface area contributed by atoms with Crippen LogP contribution in [0.2, 0.25) is 0 Å². The Morgan fingerprint density at radius 2 is 2.03 bits per heavy atom. The zero-order valence-electron chi connectivity index (χ0n) is 18.3. The van der Waals surface area contributed by atoms with E-state index in [1.165, 1.54) is 20.4 Å². The Hall–Kier alpha value is -4.49. The average molecular weight is 470 g/mol. The number of benzene rings is 1. The largest absolute Gasteiger partial charge is 0.381 e. The number of anilines is 1. The lowest BCUT2D eigenvalue weighted by molar-refractivity contribution is 0.0940. The maximum absolute atomic E-state index is 13.7. The Balaban J connectivity index is 1.64. The second kappa shape index (κ2) is 8.46. The Bertz CT molecular complexity index is 1670. The molecular formula is C24H19N7O2S. The Morgan fingerprint density at radius 1 is 1.24 bits per heavy atom.